The molecule has 0 saturated carbocycles. The fourth-order valence-electron chi connectivity index (χ4n) is 3.08. The maximum Gasteiger partial charge on any atom is 0.255 e. The average Bonchev–Trinajstić information content (AvgIpc) is 2.82. The van der Waals surface area contributed by atoms with Crippen LogP contribution in [0.5, 0.6) is 11.5 Å². The van der Waals surface area contributed by atoms with Crippen molar-refractivity contribution in [2.24, 2.45) is 0 Å². The molecule has 2 N–H and O–H groups in total. The molecule has 0 aliphatic heterocycles. The van der Waals surface area contributed by atoms with Crippen LogP contribution >= 0.6 is 0 Å². The maximum atomic E-state index is 12.6. The third kappa shape index (κ3) is 5.17. The lowest BCUT2D eigenvalue weighted by Crippen LogP contribution is -2.13. The summed E-state index contributed by atoms with van der Waals surface area (Å²) in [5.74, 6) is 0.888. The largest absolute Gasteiger partial charge is 0.455 e. The van der Waals surface area contributed by atoms with E-state index in [9.17, 15) is 9.59 Å². The lowest BCUT2D eigenvalue weighted by molar-refractivity contribution is 0.102. The molecular weight excluding hydrogens is 402 g/mol. The quantitative estimate of drug-likeness (QED) is 0.418. The molecule has 0 unspecified atom stereocenters. The van der Waals surface area contributed by atoms with Gasteiger partial charge in [-0.2, -0.15) is 0 Å². The first-order valence-corrected chi connectivity index (χ1v) is 10.0. The number of hydrogen-bond donors (Lipinski definition) is 2. The molecule has 0 aliphatic carbocycles. The number of nitrogens with zero attached hydrogens (tertiary/aromatic N) is 1. The van der Waals surface area contributed by atoms with Crippen molar-refractivity contribution in [1.82, 2.24) is 4.98 Å². The van der Waals surface area contributed by atoms with Crippen LogP contribution < -0.4 is 15.4 Å². The lowest BCUT2D eigenvalue weighted by atomic mass is 10.1. The van der Waals surface area contributed by atoms with Crippen molar-refractivity contribution in [2.45, 2.75) is 6.92 Å². The van der Waals surface area contributed by atoms with Crippen LogP contribution in [0.25, 0.3) is 0 Å². The van der Waals surface area contributed by atoms with Gasteiger partial charge < -0.3 is 15.4 Å². The number of pyridine rings is 1. The molecule has 4 aromatic rings. The highest BCUT2D eigenvalue weighted by Gasteiger charge is 2.10. The highest BCUT2D eigenvalue weighted by molar-refractivity contribution is 6.06. The Labute approximate surface area is 185 Å². The van der Waals surface area contributed by atoms with Gasteiger partial charge in [0.2, 0.25) is 0 Å². The average molecular weight is 423 g/mol. The Morgan fingerprint density at radius 3 is 2.06 bits per heavy atom. The van der Waals surface area contributed by atoms with Crippen LogP contribution in [0.3, 0.4) is 0 Å². The number of hydrogen-bond acceptors (Lipinski definition) is 4. The molecule has 2 amide bonds. The molecule has 32 heavy (non-hydrogen) atoms. The monoisotopic (exact) mass is 423 g/mol. The minimum atomic E-state index is -0.244. The summed E-state index contributed by atoms with van der Waals surface area (Å²) in [6.07, 6.45) is 3.32. The van der Waals surface area contributed by atoms with E-state index in [1.807, 2.05) is 37.3 Å². The van der Waals surface area contributed by atoms with E-state index in [0.29, 0.717) is 34.0 Å². The van der Waals surface area contributed by atoms with Crippen molar-refractivity contribution in [1.29, 1.82) is 0 Å². The normalized spacial score (nSPS) is 10.3. The highest BCUT2D eigenvalue weighted by atomic mass is 16.5. The van der Waals surface area contributed by atoms with Gasteiger partial charge in [0.15, 0.2) is 0 Å². The molecule has 3 aromatic carbocycles. The second-order valence-electron chi connectivity index (χ2n) is 7.12. The third-order valence-corrected chi connectivity index (χ3v) is 4.74. The second kappa shape index (κ2) is 9.57. The van der Waals surface area contributed by atoms with Crippen LogP contribution in [0, 0.1) is 6.92 Å². The van der Waals surface area contributed by atoms with Gasteiger partial charge in [-0.3, -0.25) is 14.6 Å². The Bertz CT molecular complexity index is 1220. The molecule has 158 valence electrons. The van der Waals surface area contributed by atoms with Gasteiger partial charge in [-0.15, -0.1) is 0 Å². The van der Waals surface area contributed by atoms with Crippen LogP contribution in [-0.2, 0) is 0 Å². The summed E-state index contributed by atoms with van der Waals surface area (Å²) in [7, 11) is 0. The summed E-state index contributed by atoms with van der Waals surface area (Å²) in [5, 5.41) is 5.70. The standard InChI is InChI=1S/C26H21N3O3/c1-18-16-22(13-14-24(18)32-23-8-5-15-27-17-23)29-26(31)20-9-11-21(12-10-20)28-25(30)19-6-3-2-4-7-19/h2-17H,1H3,(H,28,30)(H,29,31). The first kappa shape index (κ1) is 20.8. The summed E-state index contributed by atoms with van der Waals surface area (Å²) in [6, 6.07) is 24.8. The van der Waals surface area contributed by atoms with Gasteiger partial charge in [0, 0.05) is 28.7 Å². The van der Waals surface area contributed by atoms with Crippen molar-refractivity contribution in [2.75, 3.05) is 10.6 Å². The summed E-state index contributed by atoms with van der Waals surface area (Å²) in [6.45, 7) is 1.91. The highest BCUT2D eigenvalue weighted by Crippen LogP contribution is 2.27. The zero-order valence-corrected chi connectivity index (χ0v) is 17.4. The van der Waals surface area contributed by atoms with E-state index in [4.69, 9.17) is 4.74 Å². The predicted molar refractivity (Wildman–Crippen MR) is 124 cm³/mol. The molecule has 0 radical (unpaired) electrons. The van der Waals surface area contributed by atoms with E-state index in [2.05, 4.69) is 15.6 Å². The van der Waals surface area contributed by atoms with E-state index >= 15 is 0 Å². The van der Waals surface area contributed by atoms with Crippen molar-refractivity contribution in [3.63, 3.8) is 0 Å². The van der Waals surface area contributed by atoms with Gasteiger partial charge >= 0.3 is 0 Å². The van der Waals surface area contributed by atoms with Crippen molar-refractivity contribution in [3.05, 3.63) is 114 Å². The fourth-order valence-corrected chi connectivity index (χ4v) is 3.08. The number of ether oxygens (including phenoxy) is 1. The summed E-state index contributed by atoms with van der Waals surface area (Å²) >= 11 is 0. The van der Waals surface area contributed by atoms with Crippen LogP contribution in [0.1, 0.15) is 26.3 Å². The number of carbonyl (C=O) groups excluding carboxylic acids is 2. The lowest BCUT2D eigenvalue weighted by Gasteiger charge is -2.11. The van der Waals surface area contributed by atoms with E-state index in [0.717, 1.165) is 5.56 Å². The van der Waals surface area contributed by atoms with Crippen LogP contribution in [0.2, 0.25) is 0 Å². The first-order chi connectivity index (χ1) is 15.6. The molecule has 0 saturated heterocycles. The number of carbonyl (C=O) groups is 2. The Balaban J connectivity index is 1.38. The Hall–Kier alpha value is -4.45. The van der Waals surface area contributed by atoms with Gasteiger partial charge in [0.1, 0.15) is 11.5 Å². The van der Waals surface area contributed by atoms with Crippen LogP contribution in [-0.4, -0.2) is 16.8 Å². The van der Waals surface area contributed by atoms with E-state index < -0.39 is 0 Å². The molecular formula is C26H21N3O3. The second-order valence-corrected chi connectivity index (χ2v) is 7.12. The number of anilines is 2. The van der Waals surface area contributed by atoms with E-state index in [-0.39, 0.29) is 11.8 Å². The van der Waals surface area contributed by atoms with Crippen LogP contribution in [0.4, 0.5) is 11.4 Å². The van der Waals surface area contributed by atoms with Gasteiger partial charge in [-0.25, -0.2) is 0 Å². The molecule has 0 fully saturated rings. The van der Waals surface area contributed by atoms with Crippen molar-refractivity contribution < 1.29 is 14.3 Å². The third-order valence-electron chi connectivity index (χ3n) is 4.74. The first-order valence-electron chi connectivity index (χ1n) is 10.0. The SMILES string of the molecule is Cc1cc(NC(=O)c2ccc(NC(=O)c3ccccc3)cc2)ccc1Oc1cccnc1. The predicted octanol–water partition coefficient (Wildman–Crippen LogP) is 5.69. The molecule has 0 bridgehead atoms. The van der Waals surface area contributed by atoms with Gasteiger partial charge in [0.05, 0.1) is 6.20 Å². The molecule has 0 atom stereocenters. The number of benzene rings is 3. The minimum Gasteiger partial charge on any atom is -0.455 e. The van der Waals surface area contributed by atoms with E-state index in [1.165, 1.54) is 0 Å². The van der Waals surface area contributed by atoms with Gasteiger partial charge in [-0.1, -0.05) is 18.2 Å². The number of aromatic nitrogens is 1. The topological polar surface area (TPSA) is 80.3 Å². The zero-order valence-electron chi connectivity index (χ0n) is 17.4. The molecule has 6 heteroatoms. The molecule has 6 nitrogen and oxygen atoms in total. The number of rotatable bonds is 6. The minimum absolute atomic E-state index is 0.202. The maximum absolute atomic E-state index is 12.6. The number of nitrogens with one attached hydrogen (secondary N) is 2. The summed E-state index contributed by atoms with van der Waals surface area (Å²) in [4.78, 5) is 28.9. The summed E-state index contributed by atoms with van der Waals surface area (Å²) < 4.78 is 5.82. The number of aryl methyl sites for hydroxylation is 1. The van der Waals surface area contributed by atoms with Crippen molar-refractivity contribution >= 4 is 23.2 Å². The van der Waals surface area contributed by atoms with Crippen LogP contribution in [0.15, 0.2) is 97.3 Å². The Kier molecular flexibility index (Phi) is 6.22. The molecule has 0 spiro atoms. The Morgan fingerprint density at radius 1 is 0.750 bits per heavy atom. The van der Waals surface area contributed by atoms with Gasteiger partial charge in [-0.05, 0) is 79.2 Å². The molecule has 4 rings (SSSR count). The van der Waals surface area contributed by atoms with E-state index in [1.54, 1.807) is 67.0 Å². The Morgan fingerprint density at radius 2 is 1.41 bits per heavy atom. The number of amides is 2. The molecule has 1 heterocycles. The zero-order chi connectivity index (χ0) is 22.3. The van der Waals surface area contributed by atoms with Crippen molar-refractivity contribution in [3.8, 4) is 11.5 Å². The smallest absolute Gasteiger partial charge is 0.255 e. The molecule has 0 aliphatic rings. The molecule has 1 aromatic heterocycles. The van der Waals surface area contributed by atoms with Gasteiger partial charge in [0.25, 0.3) is 11.8 Å². The fraction of sp³-hybridized carbons (Fsp3) is 0.0385. The summed E-state index contributed by atoms with van der Waals surface area (Å²) in [5.41, 5.74) is 3.21.